The quantitative estimate of drug-likeness (QED) is 0.866. The molecule has 0 saturated heterocycles. The molecule has 96 valence electrons. The van der Waals surface area contributed by atoms with Gasteiger partial charge < -0.3 is 5.11 Å². The SMILES string of the molecule is CCc1ccc(CC(O)CCc2ccccn2)s1. The lowest BCUT2D eigenvalue weighted by molar-refractivity contribution is 0.165. The average Bonchev–Trinajstić information content (AvgIpc) is 2.85. The number of hydrogen-bond donors (Lipinski definition) is 1. The fourth-order valence-corrected chi connectivity index (χ4v) is 2.95. The Labute approximate surface area is 112 Å². The van der Waals surface area contributed by atoms with Crippen LogP contribution in [0.4, 0.5) is 0 Å². The first-order valence-electron chi connectivity index (χ1n) is 6.43. The van der Waals surface area contributed by atoms with Crippen molar-refractivity contribution in [2.45, 2.75) is 38.7 Å². The normalized spacial score (nSPS) is 12.6. The third-order valence-corrected chi connectivity index (χ3v) is 4.21. The summed E-state index contributed by atoms with van der Waals surface area (Å²) < 4.78 is 0. The minimum atomic E-state index is -0.268. The molecule has 0 saturated carbocycles. The molecule has 1 atom stereocenters. The van der Waals surface area contributed by atoms with E-state index in [4.69, 9.17) is 0 Å². The molecule has 2 heterocycles. The number of thiophene rings is 1. The number of aliphatic hydroxyl groups excluding tert-OH is 1. The molecular weight excluding hydrogens is 242 g/mol. The highest BCUT2D eigenvalue weighted by molar-refractivity contribution is 7.11. The van der Waals surface area contributed by atoms with Crippen LogP contribution in [0.3, 0.4) is 0 Å². The van der Waals surface area contributed by atoms with Crippen molar-refractivity contribution < 1.29 is 5.11 Å². The Morgan fingerprint density at radius 3 is 2.72 bits per heavy atom. The summed E-state index contributed by atoms with van der Waals surface area (Å²) in [6, 6.07) is 10.2. The highest BCUT2D eigenvalue weighted by Gasteiger charge is 2.08. The molecule has 2 aromatic heterocycles. The Morgan fingerprint density at radius 1 is 1.22 bits per heavy atom. The summed E-state index contributed by atoms with van der Waals surface area (Å²) in [7, 11) is 0. The Bertz CT molecular complexity index is 466. The summed E-state index contributed by atoms with van der Waals surface area (Å²) in [4.78, 5) is 6.94. The third-order valence-electron chi connectivity index (χ3n) is 2.96. The molecule has 1 unspecified atom stereocenters. The van der Waals surface area contributed by atoms with Gasteiger partial charge >= 0.3 is 0 Å². The van der Waals surface area contributed by atoms with Crippen LogP contribution < -0.4 is 0 Å². The molecule has 2 aromatic rings. The number of pyridine rings is 1. The van der Waals surface area contributed by atoms with Crippen molar-refractivity contribution in [2.24, 2.45) is 0 Å². The maximum Gasteiger partial charge on any atom is 0.0592 e. The van der Waals surface area contributed by atoms with Gasteiger partial charge in [-0.1, -0.05) is 13.0 Å². The molecule has 0 aliphatic rings. The largest absolute Gasteiger partial charge is 0.393 e. The molecular formula is C15H19NOS. The second-order valence-electron chi connectivity index (χ2n) is 4.44. The van der Waals surface area contributed by atoms with Gasteiger partial charge in [0.15, 0.2) is 0 Å². The summed E-state index contributed by atoms with van der Waals surface area (Å²) in [5.74, 6) is 0. The van der Waals surface area contributed by atoms with E-state index in [1.165, 1.54) is 9.75 Å². The van der Waals surface area contributed by atoms with Gasteiger partial charge in [-0.15, -0.1) is 11.3 Å². The van der Waals surface area contributed by atoms with E-state index in [1.807, 2.05) is 29.5 Å². The van der Waals surface area contributed by atoms with E-state index in [0.717, 1.165) is 31.4 Å². The number of nitrogens with zero attached hydrogens (tertiary/aromatic N) is 1. The minimum Gasteiger partial charge on any atom is -0.393 e. The monoisotopic (exact) mass is 261 g/mol. The maximum absolute atomic E-state index is 10.0. The van der Waals surface area contributed by atoms with Crippen molar-refractivity contribution >= 4 is 11.3 Å². The topological polar surface area (TPSA) is 33.1 Å². The Kier molecular flexibility index (Phi) is 4.90. The molecule has 0 aliphatic heterocycles. The lowest BCUT2D eigenvalue weighted by Gasteiger charge is -2.08. The molecule has 2 rings (SSSR count). The van der Waals surface area contributed by atoms with Gasteiger partial charge in [0.2, 0.25) is 0 Å². The second kappa shape index (κ2) is 6.66. The van der Waals surface area contributed by atoms with Crippen LogP contribution >= 0.6 is 11.3 Å². The lowest BCUT2D eigenvalue weighted by Crippen LogP contribution is -2.11. The van der Waals surface area contributed by atoms with E-state index in [0.29, 0.717) is 0 Å². The first-order chi connectivity index (χ1) is 8.78. The Hall–Kier alpha value is -1.19. The highest BCUT2D eigenvalue weighted by Crippen LogP contribution is 2.19. The van der Waals surface area contributed by atoms with Crippen LogP contribution in [-0.2, 0) is 19.3 Å². The lowest BCUT2D eigenvalue weighted by atomic mass is 10.1. The summed E-state index contributed by atoms with van der Waals surface area (Å²) in [5, 5.41) is 10.0. The molecule has 0 aromatic carbocycles. The van der Waals surface area contributed by atoms with Gasteiger partial charge in [0, 0.05) is 28.1 Å². The van der Waals surface area contributed by atoms with E-state index >= 15 is 0 Å². The zero-order chi connectivity index (χ0) is 12.8. The molecule has 0 spiro atoms. The fourth-order valence-electron chi connectivity index (χ4n) is 1.92. The number of aromatic nitrogens is 1. The summed E-state index contributed by atoms with van der Waals surface area (Å²) >= 11 is 1.81. The van der Waals surface area contributed by atoms with Gasteiger partial charge in [-0.2, -0.15) is 0 Å². The van der Waals surface area contributed by atoms with Crippen molar-refractivity contribution in [2.75, 3.05) is 0 Å². The molecule has 1 N–H and O–H groups in total. The van der Waals surface area contributed by atoms with Crippen molar-refractivity contribution in [1.82, 2.24) is 4.98 Å². The minimum absolute atomic E-state index is 0.268. The summed E-state index contributed by atoms with van der Waals surface area (Å²) in [6.07, 6.45) is 4.99. The predicted octanol–water partition coefficient (Wildman–Crippen LogP) is 3.24. The van der Waals surface area contributed by atoms with Crippen molar-refractivity contribution in [3.8, 4) is 0 Å². The van der Waals surface area contributed by atoms with Crippen LogP contribution in [-0.4, -0.2) is 16.2 Å². The van der Waals surface area contributed by atoms with Gasteiger partial charge in [0.25, 0.3) is 0 Å². The standard InChI is InChI=1S/C15H19NOS/c1-2-14-8-9-15(18-14)11-13(17)7-6-12-5-3-4-10-16-12/h3-5,8-10,13,17H,2,6-7,11H2,1H3. The fraction of sp³-hybridized carbons (Fsp3) is 0.400. The van der Waals surface area contributed by atoms with Gasteiger partial charge in [-0.25, -0.2) is 0 Å². The van der Waals surface area contributed by atoms with Crippen LogP contribution in [0.15, 0.2) is 36.5 Å². The smallest absolute Gasteiger partial charge is 0.0592 e. The maximum atomic E-state index is 10.0. The van der Waals surface area contributed by atoms with Crippen LogP contribution in [0.5, 0.6) is 0 Å². The first kappa shape index (κ1) is 13.2. The van der Waals surface area contributed by atoms with E-state index in [1.54, 1.807) is 6.20 Å². The summed E-state index contributed by atoms with van der Waals surface area (Å²) in [5.41, 5.74) is 1.05. The van der Waals surface area contributed by atoms with E-state index in [9.17, 15) is 5.11 Å². The summed E-state index contributed by atoms with van der Waals surface area (Å²) in [6.45, 7) is 2.16. The zero-order valence-corrected chi connectivity index (χ0v) is 11.5. The van der Waals surface area contributed by atoms with Crippen molar-refractivity contribution in [3.05, 3.63) is 52.0 Å². The molecule has 3 heteroatoms. The molecule has 0 bridgehead atoms. The molecule has 0 radical (unpaired) electrons. The van der Waals surface area contributed by atoms with Crippen LogP contribution in [0.25, 0.3) is 0 Å². The van der Waals surface area contributed by atoms with Crippen molar-refractivity contribution in [1.29, 1.82) is 0 Å². The number of hydrogen-bond acceptors (Lipinski definition) is 3. The molecule has 18 heavy (non-hydrogen) atoms. The molecule has 0 aliphatic carbocycles. The zero-order valence-electron chi connectivity index (χ0n) is 10.7. The van der Waals surface area contributed by atoms with E-state index < -0.39 is 0 Å². The van der Waals surface area contributed by atoms with Gasteiger partial charge in [0.1, 0.15) is 0 Å². The second-order valence-corrected chi connectivity index (χ2v) is 5.69. The number of aryl methyl sites for hydroxylation is 2. The van der Waals surface area contributed by atoms with Crippen LogP contribution in [0, 0.1) is 0 Å². The average molecular weight is 261 g/mol. The highest BCUT2D eigenvalue weighted by atomic mass is 32.1. The molecule has 2 nitrogen and oxygen atoms in total. The predicted molar refractivity (Wildman–Crippen MR) is 76.0 cm³/mol. The van der Waals surface area contributed by atoms with Crippen LogP contribution in [0.2, 0.25) is 0 Å². The number of aliphatic hydroxyl groups is 1. The first-order valence-corrected chi connectivity index (χ1v) is 7.25. The van der Waals surface area contributed by atoms with Gasteiger partial charge in [-0.3, -0.25) is 4.98 Å². The molecule has 0 fully saturated rings. The van der Waals surface area contributed by atoms with E-state index in [-0.39, 0.29) is 6.10 Å². The molecule has 0 amide bonds. The third kappa shape index (κ3) is 3.93. The van der Waals surface area contributed by atoms with Gasteiger partial charge in [-0.05, 0) is 43.5 Å². The Balaban J connectivity index is 1.80. The van der Waals surface area contributed by atoms with Crippen LogP contribution in [0.1, 0.15) is 28.8 Å². The Morgan fingerprint density at radius 2 is 2.06 bits per heavy atom. The number of rotatable bonds is 6. The van der Waals surface area contributed by atoms with E-state index in [2.05, 4.69) is 24.0 Å². The van der Waals surface area contributed by atoms with Gasteiger partial charge in [0.05, 0.1) is 6.10 Å². The van der Waals surface area contributed by atoms with Crippen molar-refractivity contribution in [3.63, 3.8) is 0 Å².